The number of aromatic nitrogens is 1. The molecule has 0 fully saturated rings. The number of aromatic amines is 1. The second-order valence-corrected chi connectivity index (χ2v) is 4.41. The molecule has 0 aliphatic heterocycles. The van der Waals surface area contributed by atoms with Gasteiger partial charge in [-0.25, -0.2) is 0 Å². The summed E-state index contributed by atoms with van der Waals surface area (Å²) >= 11 is 0. The molecule has 4 N–H and O–H groups in total. The van der Waals surface area contributed by atoms with Crippen LogP contribution in [0.3, 0.4) is 0 Å². The van der Waals surface area contributed by atoms with Crippen LogP contribution in [0.2, 0.25) is 0 Å². The summed E-state index contributed by atoms with van der Waals surface area (Å²) in [7, 11) is 0. The highest BCUT2D eigenvalue weighted by Crippen LogP contribution is 2.23. The lowest BCUT2D eigenvalue weighted by Crippen LogP contribution is -2.17. The first-order valence-corrected chi connectivity index (χ1v) is 5.63. The molecular weight excluding hydrogens is 216 g/mol. The molecule has 1 aromatic carbocycles. The molecule has 1 atom stereocenters. The second-order valence-electron chi connectivity index (χ2n) is 4.41. The highest BCUT2D eigenvalue weighted by atomic mass is 16.4. The van der Waals surface area contributed by atoms with Gasteiger partial charge >= 0.3 is 5.97 Å². The van der Waals surface area contributed by atoms with Crippen LogP contribution < -0.4 is 5.73 Å². The number of para-hydroxylation sites is 1. The predicted octanol–water partition coefficient (Wildman–Crippen LogP) is 1.68. The third kappa shape index (κ3) is 2.47. The van der Waals surface area contributed by atoms with Crippen molar-refractivity contribution < 1.29 is 9.90 Å². The van der Waals surface area contributed by atoms with Crippen LogP contribution in [0.4, 0.5) is 0 Å². The van der Waals surface area contributed by atoms with Gasteiger partial charge in [0.05, 0.1) is 6.42 Å². The van der Waals surface area contributed by atoms with E-state index in [1.165, 1.54) is 0 Å². The Labute approximate surface area is 99.4 Å². The monoisotopic (exact) mass is 232 g/mol. The van der Waals surface area contributed by atoms with Crippen molar-refractivity contribution in [1.29, 1.82) is 0 Å². The van der Waals surface area contributed by atoms with E-state index in [0.717, 1.165) is 28.5 Å². The van der Waals surface area contributed by atoms with E-state index in [1.807, 2.05) is 31.3 Å². The zero-order chi connectivity index (χ0) is 12.4. The standard InChI is InChI=1S/C13H16N2O2/c1-8(14)5-10-7-15-13-9(6-12(16)17)3-2-4-11(10)13/h2-4,7-8,15H,5-6,14H2,1H3,(H,16,17). The Morgan fingerprint density at radius 3 is 2.88 bits per heavy atom. The molecule has 2 rings (SSSR count). The number of aliphatic carboxylic acids is 1. The van der Waals surface area contributed by atoms with Crippen molar-refractivity contribution in [3.8, 4) is 0 Å². The van der Waals surface area contributed by atoms with Gasteiger partial charge in [0.25, 0.3) is 0 Å². The normalized spacial score (nSPS) is 12.8. The van der Waals surface area contributed by atoms with Gasteiger partial charge in [-0.1, -0.05) is 18.2 Å². The molecule has 4 nitrogen and oxygen atoms in total. The molecule has 0 saturated carbocycles. The largest absolute Gasteiger partial charge is 0.481 e. The number of H-pyrrole nitrogens is 1. The van der Waals surface area contributed by atoms with E-state index >= 15 is 0 Å². The summed E-state index contributed by atoms with van der Waals surface area (Å²) in [6.07, 6.45) is 2.74. The van der Waals surface area contributed by atoms with Crippen LogP contribution in [-0.2, 0) is 17.6 Å². The van der Waals surface area contributed by atoms with Crippen LogP contribution in [0.5, 0.6) is 0 Å². The summed E-state index contributed by atoms with van der Waals surface area (Å²) in [6.45, 7) is 1.96. The highest BCUT2D eigenvalue weighted by Gasteiger charge is 2.10. The maximum Gasteiger partial charge on any atom is 0.307 e. The number of hydrogen-bond donors (Lipinski definition) is 3. The zero-order valence-corrected chi connectivity index (χ0v) is 9.73. The van der Waals surface area contributed by atoms with Gasteiger partial charge in [0.15, 0.2) is 0 Å². The molecule has 0 aliphatic rings. The number of carboxylic acid groups (broad SMARTS) is 1. The van der Waals surface area contributed by atoms with Crippen LogP contribution in [0.25, 0.3) is 10.9 Å². The van der Waals surface area contributed by atoms with Crippen LogP contribution in [0.15, 0.2) is 24.4 Å². The summed E-state index contributed by atoms with van der Waals surface area (Å²) in [4.78, 5) is 13.9. The minimum atomic E-state index is -0.819. The van der Waals surface area contributed by atoms with E-state index in [-0.39, 0.29) is 12.5 Å². The Morgan fingerprint density at radius 1 is 1.47 bits per heavy atom. The third-order valence-corrected chi connectivity index (χ3v) is 2.77. The van der Waals surface area contributed by atoms with Crippen molar-refractivity contribution in [1.82, 2.24) is 4.98 Å². The molecule has 90 valence electrons. The first-order chi connectivity index (χ1) is 8.08. The Hall–Kier alpha value is -1.81. The maximum atomic E-state index is 10.8. The Balaban J connectivity index is 2.45. The topological polar surface area (TPSA) is 79.1 Å². The minimum Gasteiger partial charge on any atom is -0.481 e. The first kappa shape index (κ1) is 11.7. The number of rotatable bonds is 4. The van der Waals surface area contributed by atoms with Crippen molar-refractivity contribution in [2.24, 2.45) is 5.73 Å². The second kappa shape index (κ2) is 4.59. The van der Waals surface area contributed by atoms with Crippen molar-refractivity contribution in [3.05, 3.63) is 35.5 Å². The maximum absolute atomic E-state index is 10.8. The summed E-state index contributed by atoms with van der Waals surface area (Å²) < 4.78 is 0. The van der Waals surface area contributed by atoms with Gasteiger partial charge in [-0.15, -0.1) is 0 Å². The van der Waals surface area contributed by atoms with Crippen LogP contribution in [0, 0.1) is 0 Å². The number of hydrogen-bond acceptors (Lipinski definition) is 2. The van der Waals surface area contributed by atoms with Crippen molar-refractivity contribution in [3.63, 3.8) is 0 Å². The van der Waals surface area contributed by atoms with E-state index in [2.05, 4.69) is 4.98 Å². The summed E-state index contributed by atoms with van der Waals surface area (Å²) in [5, 5.41) is 9.92. The lowest BCUT2D eigenvalue weighted by Gasteiger charge is -2.04. The smallest absolute Gasteiger partial charge is 0.307 e. The fourth-order valence-corrected chi connectivity index (χ4v) is 2.10. The minimum absolute atomic E-state index is 0.0372. The number of fused-ring (bicyclic) bond motifs is 1. The van der Waals surface area contributed by atoms with Crippen molar-refractivity contribution >= 4 is 16.9 Å². The summed E-state index contributed by atoms with van der Waals surface area (Å²) in [6, 6.07) is 5.81. The number of carboxylic acids is 1. The molecule has 2 aromatic rings. The molecule has 4 heteroatoms. The van der Waals surface area contributed by atoms with Gasteiger partial charge in [0, 0.05) is 23.1 Å². The summed E-state index contributed by atoms with van der Waals surface area (Å²) in [5.41, 5.74) is 8.65. The van der Waals surface area contributed by atoms with Crippen LogP contribution in [-0.4, -0.2) is 22.1 Å². The Kier molecular flexibility index (Phi) is 3.15. The third-order valence-electron chi connectivity index (χ3n) is 2.77. The highest BCUT2D eigenvalue weighted by molar-refractivity contribution is 5.88. The van der Waals surface area contributed by atoms with E-state index < -0.39 is 5.97 Å². The van der Waals surface area contributed by atoms with E-state index in [0.29, 0.717) is 0 Å². The zero-order valence-electron chi connectivity index (χ0n) is 9.73. The average molecular weight is 232 g/mol. The molecule has 1 aromatic heterocycles. The fraction of sp³-hybridized carbons (Fsp3) is 0.308. The van der Waals surface area contributed by atoms with E-state index in [4.69, 9.17) is 10.8 Å². The Bertz CT molecular complexity index is 543. The number of nitrogens with one attached hydrogen (secondary N) is 1. The Morgan fingerprint density at radius 2 is 2.24 bits per heavy atom. The van der Waals surface area contributed by atoms with Gasteiger partial charge < -0.3 is 15.8 Å². The first-order valence-electron chi connectivity index (χ1n) is 5.63. The molecular formula is C13H16N2O2. The molecule has 0 aliphatic carbocycles. The molecule has 1 unspecified atom stereocenters. The molecule has 1 heterocycles. The van der Waals surface area contributed by atoms with E-state index in [1.54, 1.807) is 0 Å². The molecule has 0 amide bonds. The van der Waals surface area contributed by atoms with Crippen molar-refractivity contribution in [2.75, 3.05) is 0 Å². The van der Waals surface area contributed by atoms with Gasteiger partial charge in [-0.3, -0.25) is 4.79 Å². The SMILES string of the molecule is CC(N)Cc1c[nH]c2c(CC(=O)O)cccc12. The predicted molar refractivity (Wildman–Crippen MR) is 67.0 cm³/mol. The number of benzene rings is 1. The lowest BCUT2D eigenvalue weighted by molar-refractivity contribution is -0.136. The van der Waals surface area contributed by atoms with Crippen LogP contribution >= 0.6 is 0 Å². The van der Waals surface area contributed by atoms with Crippen LogP contribution in [0.1, 0.15) is 18.1 Å². The average Bonchev–Trinajstić information content (AvgIpc) is 2.61. The quantitative estimate of drug-likeness (QED) is 0.750. The molecule has 0 saturated heterocycles. The molecule has 0 bridgehead atoms. The van der Waals surface area contributed by atoms with Gasteiger partial charge in [-0.05, 0) is 24.5 Å². The van der Waals surface area contributed by atoms with Gasteiger partial charge in [0.1, 0.15) is 0 Å². The van der Waals surface area contributed by atoms with Gasteiger partial charge in [-0.2, -0.15) is 0 Å². The number of nitrogens with two attached hydrogens (primary N) is 1. The molecule has 0 radical (unpaired) electrons. The fourth-order valence-electron chi connectivity index (χ4n) is 2.10. The number of carbonyl (C=O) groups is 1. The van der Waals surface area contributed by atoms with Crippen molar-refractivity contribution in [2.45, 2.75) is 25.8 Å². The van der Waals surface area contributed by atoms with E-state index in [9.17, 15) is 4.79 Å². The summed E-state index contributed by atoms with van der Waals surface area (Å²) in [5.74, 6) is -0.819. The van der Waals surface area contributed by atoms with Gasteiger partial charge in [0.2, 0.25) is 0 Å². The molecule has 17 heavy (non-hydrogen) atoms. The molecule has 0 spiro atoms. The lowest BCUT2D eigenvalue weighted by atomic mass is 10.0.